The molecule has 0 aliphatic rings. The van der Waals surface area contributed by atoms with E-state index in [2.05, 4.69) is 4.72 Å². The molecule has 0 bridgehead atoms. The Hall–Kier alpha value is -1.18. The van der Waals surface area contributed by atoms with E-state index in [1.807, 2.05) is 30.3 Å². The SMILES string of the molecule is CCC(C(N)=S)S(=O)(=O)NCCCOc1ccccc1. The van der Waals surface area contributed by atoms with Crippen molar-refractivity contribution in [3.8, 4) is 5.75 Å². The van der Waals surface area contributed by atoms with E-state index in [4.69, 9.17) is 22.7 Å². The highest BCUT2D eigenvalue weighted by Crippen LogP contribution is 2.08. The quantitative estimate of drug-likeness (QED) is 0.532. The van der Waals surface area contributed by atoms with Crippen molar-refractivity contribution in [2.24, 2.45) is 5.73 Å². The van der Waals surface area contributed by atoms with Crippen molar-refractivity contribution < 1.29 is 13.2 Å². The van der Waals surface area contributed by atoms with Gasteiger partial charge in [0.05, 0.1) is 11.6 Å². The Labute approximate surface area is 125 Å². The highest BCUT2D eigenvalue weighted by Gasteiger charge is 2.25. The van der Waals surface area contributed by atoms with Gasteiger partial charge in [0.15, 0.2) is 0 Å². The molecule has 1 unspecified atom stereocenters. The van der Waals surface area contributed by atoms with Crippen LogP contribution in [0.25, 0.3) is 0 Å². The van der Waals surface area contributed by atoms with Crippen molar-refractivity contribution >= 4 is 27.2 Å². The van der Waals surface area contributed by atoms with Gasteiger partial charge in [0.2, 0.25) is 10.0 Å². The maximum Gasteiger partial charge on any atom is 0.221 e. The monoisotopic (exact) mass is 316 g/mol. The summed E-state index contributed by atoms with van der Waals surface area (Å²) in [5.41, 5.74) is 5.43. The molecule has 1 rings (SSSR count). The van der Waals surface area contributed by atoms with Crippen LogP contribution in [0.5, 0.6) is 5.75 Å². The van der Waals surface area contributed by atoms with Crippen LogP contribution >= 0.6 is 12.2 Å². The fraction of sp³-hybridized carbons (Fsp3) is 0.462. The van der Waals surface area contributed by atoms with Crippen LogP contribution in [0.1, 0.15) is 19.8 Å². The number of sulfonamides is 1. The van der Waals surface area contributed by atoms with Crippen LogP contribution in [0.15, 0.2) is 30.3 Å². The first-order valence-corrected chi connectivity index (χ1v) is 8.38. The lowest BCUT2D eigenvalue weighted by molar-refractivity contribution is 0.311. The molecule has 0 spiro atoms. The molecule has 1 atom stereocenters. The average Bonchev–Trinajstić information content (AvgIpc) is 2.39. The molecule has 3 N–H and O–H groups in total. The van der Waals surface area contributed by atoms with Gasteiger partial charge in [-0.1, -0.05) is 37.3 Å². The van der Waals surface area contributed by atoms with Crippen LogP contribution in [0, 0.1) is 0 Å². The largest absolute Gasteiger partial charge is 0.494 e. The summed E-state index contributed by atoms with van der Waals surface area (Å²) in [4.78, 5) is 0.000496. The van der Waals surface area contributed by atoms with Crippen LogP contribution in [0.2, 0.25) is 0 Å². The first kappa shape index (κ1) is 16.9. The van der Waals surface area contributed by atoms with Crippen molar-refractivity contribution in [2.45, 2.75) is 25.0 Å². The third-order valence-corrected chi connectivity index (χ3v) is 5.08. The Kier molecular flexibility index (Phi) is 6.90. The zero-order valence-electron chi connectivity index (χ0n) is 11.4. The van der Waals surface area contributed by atoms with Gasteiger partial charge < -0.3 is 10.5 Å². The maximum absolute atomic E-state index is 11.9. The number of nitrogens with one attached hydrogen (secondary N) is 1. The average molecular weight is 316 g/mol. The number of hydrogen-bond donors (Lipinski definition) is 2. The van der Waals surface area contributed by atoms with Gasteiger partial charge in [-0.05, 0) is 25.0 Å². The lowest BCUT2D eigenvalue weighted by Crippen LogP contribution is -2.42. The van der Waals surface area contributed by atoms with Crippen molar-refractivity contribution in [3.63, 3.8) is 0 Å². The molecule has 0 saturated carbocycles. The van der Waals surface area contributed by atoms with Gasteiger partial charge in [-0.25, -0.2) is 13.1 Å². The molecule has 0 fully saturated rings. The highest BCUT2D eigenvalue weighted by atomic mass is 32.2. The maximum atomic E-state index is 11.9. The first-order chi connectivity index (χ1) is 9.47. The molecule has 1 aromatic rings. The van der Waals surface area contributed by atoms with Gasteiger partial charge in [-0.2, -0.15) is 0 Å². The molecule has 112 valence electrons. The summed E-state index contributed by atoms with van der Waals surface area (Å²) in [6, 6.07) is 9.37. The summed E-state index contributed by atoms with van der Waals surface area (Å²) in [6.07, 6.45) is 0.938. The third kappa shape index (κ3) is 5.44. The molecule has 0 aliphatic carbocycles. The molecule has 0 heterocycles. The minimum absolute atomic E-state index is 0.000496. The molecule has 1 aromatic carbocycles. The molecule has 0 aliphatic heterocycles. The normalized spacial score (nSPS) is 12.8. The van der Waals surface area contributed by atoms with E-state index in [0.717, 1.165) is 5.75 Å². The minimum Gasteiger partial charge on any atom is -0.494 e. The molecule has 0 radical (unpaired) electrons. The second kappa shape index (κ2) is 8.18. The van der Waals surface area contributed by atoms with Crippen molar-refractivity contribution in [3.05, 3.63) is 30.3 Å². The van der Waals surface area contributed by atoms with Crippen LogP contribution < -0.4 is 15.2 Å². The number of hydrogen-bond acceptors (Lipinski definition) is 4. The topological polar surface area (TPSA) is 81.4 Å². The van der Waals surface area contributed by atoms with E-state index < -0.39 is 15.3 Å². The molecule has 5 nitrogen and oxygen atoms in total. The van der Waals surface area contributed by atoms with Crippen LogP contribution in [-0.4, -0.2) is 31.8 Å². The van der Waals surface area contributed by atoms with Gasteiger partial charge in [-0.3, -0.25) is 0 Å². The van der Waals surface area contributed by atoms with E-state index in [9.17, 15) is 8.42 Å². The molecular formula is C13H20N2O3S2. The summed E-state index contributed by atoms with van der Waals surface area (Å²) < 4.78 is 31.8. The van der Waals surface area contributed by atoms with Crippen LogP contribution in [0.4, 0.5) is 0 Å². The predicted molar refractivity (Wildman–Crippen MR) is 84.3 cm³/mol. The number of ether oxygens (including phenoxy) is 1. The number of rotatable bonds is 9. The standard InChI is InChI=1S/C13H20N2O3S2/c1-2-12(13(14)19)20(16,17)15-9-6-10-18-11-7-4-3-5-8-11/h3-5,7-8,12,15H,2,6,9-10H2,1H3,(H2,14,19). The smallest absolute Gasteiger partial charge is 0.221 e. The van der Waals surface area contributed by atoms with Crippen molar-refractivity contribution in [2.75, 3.05) is 13.2 Å². The van der Waals surface area contributed by atoms with Gasteiger partial charge in [0.1, 0.15) is 11.0 Å². The predicted octanol–water partition coefficient (Wildman–Crippen LogP) is 1.44. The number of thiocarbonyl (C=S) groups is 1. The van der Waals surface area contributed by atoms with Gasteiger partial charge in [0.25, 0.3) is 0 Å². The van der Waals surface area contributed by atoms with E-state index in [0.29, 0.717) is 26.0 Å². The van der Waals surface area contributed by atoms with Crippen LogP contribution in [-0.2, 0) is 10.0 Å². The van der Waals surface area contributed by atoms with Crippen molar-refractivity contribution in [1.29, 1.82) is 0 Å². The highest BCUT2D eigenvalue weighted by molar-refractivity contribution is 7.93. The van der Waals surface area contributed by atoms with Gasteiger partial charge >= 0.3 is 0 Å². The van der Waals surface area contributed by atoms with E-state index in [1.54, 1.807) is 6.92 Å². The van der Waals surface area contributed by atoms with E-state index in [1.165, 1.54) is 0 Å². The Morgan fingerprint density at radius 3 is 2.60 bits per heavy atom. The summed E-state index contributed by atoms with van der Waals surface area (Å²) in [5, 5.41) is -0.812. The number of nitrogens with two attached hydrogens (primary N) is 1. The molecule has 7 heteroatoms. The van der Waals surface area contributed by atoms with E-state index >= 15 is 0 Å². The Balaban J connectivity index is 2.31. The van der Waals surface area contributed by atoms with Gasteiger partial charge in [0, 0.05) is 6.54 Å². The molecular weight excluding hydrogens is 296 g/mol. The van der Waals surface area contributed by atoms with Gasteiger partial charge in [-0.15, -0.1) is 0 Å². The third-order valence-electron chi connectivity index (χ3n) is 2.70. The molecule has 0 aromatic heterocycles. The Morgan fingerprint density at radius 2 is 2.05 bits per heavy atom. The molecule has 20 heavy (non-hydrogen) atoms. The number of benzene rings is 1. The fourth-order valence-electron chi connectivity index (χ4n) is 1.67. The van der Waals surface area contributed by atoms with E-state index in [-0.39, 0.29) is 4.99 Å². The summed E-state index contributed by atoms with van der Waals surface area (Å²) in [5.74, 6) is 0.768. The Morgan fingerprint density at radius 1 is 1.40 bits per heavy atom. The lowest BCUT2D eigenvalue weighted by Gasteiger charge is -2.15. The van der Waals surface area contributed by atoms with Crippen LogP contribution in [0.3, 0.4) is 0 Å². The molecule has 0 amide bonds. The zero-order chi connectivity index (χ0) is 15.0. The number of para-hydroxylation sites is 1. The zero-order valence-corrected chi connectivity index (χ0v) is 13.0. The Bertz CT molecular complexity index is 518. The summed E-state index contributed by atoms with van der Waals surface area (Å²) in [6.45, 7) is 2.48. The lowest BCUT2D eigenvalue weighted by atomic mass is 10.3. The minimum atomic E-state index is -3.49. The molecule has 0 saturated heterocycles. The summed E-state index contributed by atoms with van der Waals surface area (Å²) in [7, 11) is -3.49. The van der Waals surface area contributed by atoms with Crippen molar-refractivity contribution in [1.82, 2.24) is 4.72 Å². The first-order valence-electron chi connectivity index (χ1n) is 6.43. The second-order valence-corrected chi connectivity index (χ2v) is 6.67. The second-order valence-electron chi connectivity index (χ2n) is 4.25. The summed E-state index contributed by atoms with van der Waals surface area (Å²) >= 11 is 4.76. The fourth-order valence-corrected chi connectivity index (χ4v) is 3.59.